The maximum Gasteiger partial charge on any atom is 0.264 e. The third-order valence-electron chi connectivity index (χ3n) is 6.46. The van der Waals surface area contributed by atoms with Crippen LogP contribution in [0, 0.1) is 0 Å². The molecule has 8 nitrogen and oxygen atoms in total. The lowest BCUT2D eigenvalue weighted by Crippen LogP contribution is -2.39. The summed E-state index contributed by atoms with van der Waals surface area (Å²) in [5, 5.41) is 7.74. The fraction of sp³-hybridized carbons (Fsp3) is 0.545. The van der Waals surface area contributed by atoms with Crippen molar-refractivity contribution >= 4 is 33.3 Å². The molecule has 1 aliphatic carbocycles. The molecule has 9 heteroatoms. The van der Waals surface area contributed by atoms with E-state index in [2.05, 4.69) is 25.5 Å². The molecule has 162 valence electrons. The van der Waals surface area contributed by atoms with Gasteiger partial charge < -0.3 is 15.5 Å². The van der Waals surface area contributed by atoms with Crippen LogP contribution in [0.15, 0.2) is 17.1 Å². The van der Waals surface area contributed by atoms with Gasteiger partial charge in [-0.25, -0.2) is 4.98 Å². The van der Waals surface area contributed by atoms with Crippen LogP contribution in [0.3, 0.4) is 0 Å². The molecule has 0 radical (unpaired) electrons. The van der Waals surface area contributed by atoms with E-state index >= 15 is 0 Å². The lowest BCUT2D eigenvalue weighted by atomic mass is 10.1. The zero-order valence-corrected chi connectivity index (χ0v) is 18.3. The Morgan fingerprint density at radius 1 is 1.13 bits per heavy atom. The molecule has 3 aromatic heterocycles. The number of nitrogens with one attached hydrogen (secondary N) is 3. The van der Waals surface area contributed by atoms with Gasteiger partial charge in [0.05, 0.1) is 10.4 Å². The van der Waals surface area contributed by atoms with E-state index < -0.39 is 0 Å². The van der Waals surface area contributed by atoms with E-state index in [-0.39, 0.29) is 11.6 Å². The Morgan fingerprint density at radius 3 is 2.77 bits per heavy atom. The number of aromatic amines is 1. The summed E-state index contributed by atoms with van der Waals surface area (Å²) in [6, 6.07) is 2.26. The van der Waals surface area contributed by atoms with Gasteiger partial charge in [-0.3, -0.25) is 14.8 Å². The highest BCUT2D eigenvalue weighted by Crippen LogP contribution is 2.43. The minimum atomic E-state index is -0.122. The average Bonchev–Trinajstić information content (AvgIpc) is 3.30. The molecule has 3 fully saturated rings. The Hall–Kier alpha value is -2.52. The number of rotatable bonds is 5. The molecule has 31 heavy (non-hydrogen) atoms. The molecule has 3 N–H and O–H groups in total. The molecule has 1 atom stereocenters. The number of hydrogen-bond donors (Lipinski definition) is 3. The maximum absolute atomic E-state index is 13.3. The predicted molar refractivity (Wildman–Crippen MR) is 124 cm³/mol. The highest BCUT2D eigenvalue weighted by molar-refractivity contribution is 7.21. The Labute approximate surface area is 184 Å². The summed E-state index contributed by atoms with van der Waals surface area (Å²) in [7, 11) is 0. The largest absolute Gasteiger partial charge is 0.365 e. The van der Waals surface area contributed by atoms with E-state index in [1.807, 2.05) is 12.3 Å². The molecule has 3 aliphatic rings. The van der Waals surface area contributed by atoms with Crippen molar-refractivity contribution in [3.05, 3.63) is 28.3 Å². The first-order chi connectivity index (χ1) is 15.3. The second-order valence-corrected chi connectivity index (χ2v) is 9.86. The molecule has 1 saturated carbocycles. The fourth-order valence-corrected chi connectivity index (χ4v) is 5.66. The maximum atomic E-state index is 13.3. The van der Waals surface area contributed by atoms with Gasteiger partial charge in [0.2, 0.25) is 5.95 Å². The number of anilines is 2. The van der Waals surface area contributed by atoms with Crippen molar-refractivity contribution in [1.29, 1.82) is 0 Å². The van der Waals surface area contributed by atoms with Crippen molar-refractivity contribution < 1.29 is 0 Å². The van der Waals surface area contributed by atoms with Crippen LogP contribution in [-0.2, 0) is 0 Å². The van der Waals surface area contributed by atoms with Crippen molar-refractivity contribution in [2.75, 3.05) is 36.4 Å². The molecule has 0 amide bonds. The monoisotopic (exact) mass is 437 g/mol. The minimum Gasteiger partial charge on any atom is -0.365 e. The van der Waals surface area contributed by atoms with E-state index in [1.54, 1.807) is 11.3 Å². The van der Waals surface area contributed by atoms with E-state index in [0.29, 0.717) is 23.2 Å². The van der Waals surface area contributed by atoms with Gasteiger partial charge in [-0.1, -0.05) is 0 Å². The van der Waals surface area contributed by atoms with Crippen LogP contribution in [0.5, 0.6) is 0 Å². The van der Waals surface area contributed by atoms with Crippen LogP contribution in [0.4, 0.5) is 11.8 Å². The number of nitrogens with zero attached hydrogens (tertiary/aromatic N) is 4. The van der Waals surface area contributed by atoms with Crippen LogP contribution in [-0.4, -0.2) is 52.2 Å². The Bertz CT molecular complexity index is 1160. The van der Waals surface area contributed by atoms with Crippen molar-refractivity contribution in [1.82, 2.24) is 25.3 Å². The van der Waals surface area contributed by atoms with Gasteiger partial charge >= 0.3 is 0 Å². The van der Waals surface area contributed by atoms with Crippen LogP contribution in [0.1, 0.15) is 50.1 Å². The quantitative estimate of drug-likeness (QED) is 0.564. The summed E-state index contributed by atoms with van der Waals surface area (Å²) in [5.41, 5.74) is 2.45. The van der Waals surface area contributed by atoms with Gasteiger partial charge in [0, 0.05) is 37.8 Å². The van der Waals surface area contributed by atoms with Gasteiger partial charge in [-0.15, -0.1) is 11.3 Å². The topological polar surface area (TPSA) is 98.8 Å². The first-order valence-corrected chi connectivity index (χ1v) is 12.2. The molecule has 0 bridgehead atoms. The normalized spacial score (nSPS) is 21.7. The molecule has 3 aromatic rings. The molecule has 1 unspecified atom stereocenters. The highest BCUT2D eigenvalue weighted by Gasteiger charge is 2.29. The third kappa shape index (κ3) is 3.70. The Kier molecular flexibility index (Phi) is 4.87. The summed E-state index contributed by atoms with van der Waals surface area (Å²) in [5.74, 6) is 1.83. The number of hydrogen-bond acceptors (Lipinski definition) is 8. The summed E-state index contributed by atoms with van der Waals surface area (Å²) in [6.07, 6.45) is 8.66. The van der Waals surface area contributed by atoms with Gasteiger partial charge in [0.15, 0.2) is 0 Å². The third-order valence-corrected chi connectivity index (χ3v) is 7.50. The first kappa shape index (κ1) is 19.2. The SMILES string of the molecule is O=c1[nH]c(N2CCCC2)nc(NC2CCCNC2)c1-c1nc2c(C3CC3)nccc2s1. The first-order valence-electron chi connectivity index (χ1n) is 11.4. The second-order valence-electron chi connectivity index (χ2n) is 8.83. The molecule has 6 rings (SSSR count). The molecule has 5 heterocycles. The molecular formula is C22H27N7OS. The van der Waals surface area contributed by atoms with Crippen LogP contribution < -0.4 is 21.1 Å². The fourth-order valence-electron chi connectivity index (χ4n) is 4.65. The summed E-state index contributed by atoms with van der Waals surface area (Å²) < 4.78 is 1.08. The number of fused-ring (bicyclic) bond motifs is 1. The molecule has 2 aliphatic heterocycles. The number of H-pyrrole nitrogens is 1. The van der Waals surface area contributed by atoms with Gasteiger partial charge in [-0.05, 0) is 51.1 Å². The molecular weight excluding hydrogens is 410 g/mol. The van der Waals surface area contributed by atoms with E-state index in [4.69, 9.17) is 9.97 Å². The molecule has 2 saturated heterocycles. The number of aromatic nitrogens is 4. The molecule has 0 aromatic carbocycles. The lowest BCUT2D eigenvalue weighted by molar-refractivity contribution is 0.479. The summed E-state index contributed by atoms with van der Waals surface area (Å²) in [6.45, 7) is 3.79. The highest BCUT2D eigenvalue weighted by atomic mass is 32.1. The van der Waals surface area contributed by atoms with E-state index in [0.717, 1.165) is 72.8 Å². The van der Waals surface area contributed by atoms with E-state index in [9.17, 15) is 4.79 Å². The number of piperidine rings is 1. The van der Waals surface area contributed by atoms with E-state index in [1.165, 1.54) is 12.8 Å². The smallest absolute Gasteiger partial charge is 0.264 e. The Balaban J connectivity index is 1.45. The van der Waals surface area contributed by atoms with Crippen molar-refractivity contribution in [3.63, 3.8) is 0 Å². The van der Waals surface area contributed by atoms with Crippen molar-refractivity contribution in [2.24, 2.45) is 0 Å². The predicted octanol–water partition coefficient (Wildman–Crippen LogP) is 3.08. The lowest BCUT2D eigenvalue weighted by Gasteiger charge is -2.26. The second kappa shape index (κ2) is 7.87. The van der Waals surface area contributed by atoms with Gasteiger partial charge in [-0.2, -0.15) is 4.98 Å². The average molecular weight is 438 g/mol. The van der Waals surface area contributed by atoms with Crippen molar-refractivity contribution in [2.45, 2.75) is 50.5 Å². The Morgan fingerprint density at radius 2 is 2.00 bits per heavy atom. The summed E-state index contributed by atoms with van der Waals surface area (Å²) in [4.78, 5) is 33.0. The number of thiazole rings is 1. The zero-order valence-electron chi connectivity index (χ0n) is 17.5. The van der Waals surface area contributed by atoms with Crippen molar-refractivity contribution in [3.8, 4) is 10.6 Å². The standard InChI is InChI=1S/C22H27N7OS/c30-20-16(21-26-18-15(31-21)7-9-24-17(18)13-5-6-13)19(25-14-4-3-8-23-12-14)27-22(28-20)29-10-1-2-11-29/h7,9,13-14,23H,1-6,8,10-12H2,(H2,25,27,28,30). The van der Waals surface area contributed by atoms with Crippen LogP contribution in [0.2, 0.25) is 0 Å². The minimum absolute atomic E-state index is 0.122. The van der Waals surface area contributed by atoms with Gasteiger partial charge in [0.25, 0.3) is 5.56 Å². The van der Waals surface area contributed by atoms with Crippen LogP contribution >= 0.6 is 11.3 Å². The summed E-state index contributed by atoms with van der Waals surface area (Å²) >= 11 is 1.56. The number of pyridine rings is 1. The molecule has 0 spiro atoms. The van der Waals surface area contributed by atoms with Gasteiger partial charge in [0.1, 0.15) is 21.9 Å². The zero-order chi connectivity index (χ0) is 20.8. The van der Waals surface area contributed by atoms with Crippen LogP contribution in [0.25, 0.3) is 20.8 Å².